The molecule has 0 unspecified atom stereocenters. The van der Waals surface area contributed by atoms with E-state index in [-0.39, 0.29) is 24.5 Å². The van der Waals surface area contributed by atoms with E-state index in [1.54, 1.807) is 36.4 Å². The summed E-state index contributed by atoms with van der Waals surface area (Å²) < 4.78 is 5.26. The number of ether oxygens (including phenoxy) is 1. The zero-order valence-electron chi connectivity index (χ0n) is 15.5. The minimum Gasteiger partial charge on any atom is -0.455 e. The minimum absolute atomic E-state index is 0.0205. The van der Waals surface area contributed by atoms with Crippen LogP contribution in [0.4, 0.5) is 0 Å². The number of benzene rings is 2. The monoisotopic (exact) mass is 407 g/mol. The third-order valence-electron chi connectivity index (χ3n) is 4.22. The van der Waals surface area contributed by atoms with E-state index in [0.717, 1.165) is 11.1 Å². The maximum atomic E-state index is 12.5. The topological polar surface area (TPSA) is 55.4 Å². The molecule has 4 nitrogen and oxygen atoms in total. The van der Waals surface area contributed by atoms with Gasteiger partial charge in [-0.25, -0.2) is 0 Å². The second-order valence-corrected chi connectivity index (χ2v) is 7.60. The Bertz CT molecular complexity index is 790. The Kier molecular flexibility index (Phi) is 7.69. The molecule has 0 saturated heterocycles. The second-order valence-electron chi connectivity index (χ2n) is 6.73. The lowest BCUT2D eigenvalue weighted by Crippen LogP contribution is -2.32. The summed E-state index contributed by atoms with van der Waals surface area (Å²) >= 11 is 11.9. The molecule has 0 saturated carbocycles. The molecular weight excluding hydrogens is 385 g/mol. The first kappa shape index (κ1) is 21.3. The molecule has 2 atom stereocenters. The van der Waals surface area contributed by atoms with E-state index in [4.69, 9.17) is 27.9 Å². The molecule has 2 aromatic carbocycles. The van der Waals surface area contributed by atoms with Crippen molar-refractivity contribution in [2.24, 2.45) is 5.92 Å². The van der Waals surface area contributed by atoms with Crippen molar-refractivity contribution in [3.05, 3.63) is 69.7 Å². The van der Waals surface area contributed by atoms with E-state index in [1.807, 2.05) is 32.9 Å². The zero-order valence-corrected chi connectivity index (χ0v) is 17.1. The smallest absolute Gasteiger partial charge is 0.314 e. The van der Waals surface area contributed by atoms with Crippen LogP contribution in [0.25, 0.3) is 0 Å². The van der Waals surface area contributed by atoms with Gasteiger partial charge in [0.05, 0.1) is 12.0 Å². The third-order valence-corrected chi connectivity index (χ3v) is 4.71. The molecule has 144 valence electrons. The van der Waals surface area contributed by atoms with Crippen LogP contribution in [0.5, 0.6) is 0 Å². The Morgan fingerprint density at radius 1 is 0.963 bits per heavy atom. The molecule has 0 radical (unpaired) electrons. The predicted octanol–water partition coefficient (Wildman–Crippen LogP) is 5.15. The fraction of sp³-hybridized carbons (Fsp3) is 0.333. The first-order valence-corrected chi connectivity index (χ1v) is 9.50. The summed E-state index contributed by atoms with van der Waals surface area (Å²) in [6.07, 6.45) is 0. The van der Waals surface area contributed by atoms with Gasteiger partial charge >= 0.3 is 5.97 Å². The van der Waals surface area contributed by atoms with Crippen molar-refractivity contribution in [1.29, 1.82) is 0 Å². The van der Waals surface area contributed by atoms with Gasteiger partial charge < -0.3 is 10.1 Å². The maximum absolute atomic E-state index is 12.5. The molecule has 0 bridgehead atoms. The van der Waals surface area contributed by atoms with E-state index in [2.05, 4.69) is 5.32 Å². The highest BCUT2D eigenvalue weighted by Gasteiger charge is 2.26. The quantitative estimate of drug-likeness (QED) is 0.645. The van der Waals surface area contributed by atoms with Crippen LogP contribution >= 0.6 is 23.2 Å². The number of halogens is 2. The first-order valence-electron chi connectivity index (χ1n) is 8.75. The fourth-order valence-corrected chi connectivity index (χ4v) is 3.16. The largest absolute Gasteiger partial charge is 0.455 e. The van der Waals surface area contributed by atoms with Crippen molar-refractivity contribution in [1.82, 2.24) is 5.32 Å². The molecule has 2 rings (SSSR count). The molecule has 0 spiro atoms. The van der Waals surface area contributed by atoms with E-state index in [0.29, 0.717) is 10.0 Å². The summed E-state index contributed by atoms with van der Waals surface area (Å²) in [4.78, 5) is 24.7. The molecule has 6 heteroatoms. The number of carbonyl (C=O) groups excluding carboxylic acids is 2. The van der Waals surface area contributed by atoms with Gasteiger partial charge in [0.25, 0.3) is 5.91 Å². The molecule has 27 heavy (non-hydrogen) atoms. The Labute approximate surface area is 169 Å². The van der Waals surface area contributed by atoms with Crippen molar-refractivity contribution >= 4 is 35.1 Å². The summed E-state index contributed by atoms with van der Waals surface area (Å²) in [6.45, 7) is 5.38. The van der Waals surface area contributed by atoms with Crippen LogP contribution in [0, 0.1) is 5.92 Å². The van der Waals surface area contributed by atoms with Crippen LogP contribution in [0.1, 0.15) is 43.9 Å². The highest BCUT2D eigenvalue weighted by atomic mass is 35.5. The van der Waals surface area contributed by atoms with E-state index in [9.17, 15) is 9.59 Å². The van der Waals surface area contributed by atoms with Gasteiger partial charge in [-0.1, -0.05) is 61.3 Å². The van der Waals surface area contributed by atoms with Crippen LogP contribution in [-0.2, 0) is 14.3 Å². The number of amides is 1. The molecule has 0 aliphatic rings. The summed E-state index contributed by atoms with van der Waals surface area (Å²) in [7, 11) is 0. The van der Waals surface area contributed by atoms with Crippen LogP contribution < -0.4 is 5.32 Å². The van der Waals surface area contributed by atoms with Crippen LogP contribution in [-0.4, -0.2) is 18.5 Å². The fourth-order valence-electron chi connectivity index (χ4n) is 2.83. The average molecular weight is 408 g/mol. The lowest BCUT2D eigenvalue weighted by Gasteiger charge is -2.20. The highest BCUT2D eigenvalue weighted by Crippen LogP contribution is 2.27. The van der Waals surface area contributed by atoms with Gasteiger partial charge in [-0.2, -0.15) is 0 Å². The lowest BCUT2D eigenvalue weighted by molar-refractivity contribution is -0.151. The van der Waals surface area contributed by atoms with Crippen molar-refractivity contribution in [3.8, 4) is 0 Å². The van der Waals surface area contributed by atoms with Crippen molar-refractivity contribution in [2.45, 2.75) is 32.7 Å². The second kappa shape index (κ2) is 9.77. The summed E-state index contributed by atoms with van der Waals surface area (Å²) in [5.74, 6) is -1.24. The third kappa shape index (κ3) is 6.26. The summed E-state index contributed by atoms with van der Waals surface area (Å²) in [6, 6.07) is 14.1. The van der Waals surface area contributed by atoms with Gasteiger partial charge in [-0.15, -0.1) is 0 Å². The zero-order chi connectivity index (χ0) is 20.0. The summed E-state index contributed by atoms with van der Waals surface area (Å²) in [5, 5.41) is 4.00. The van der Waals surface area contributed by atoms with E-state index in [1.165, 1.54) is 0 Å². The molecule has 2 aromatic rings. The van der Waals surface area contributed by atoms with Gasteiger partial charge in [-0.3, -0.25) is 9.59 Å². The molecule has 0 heterocycles. The van der Waals surface area contributed by atoms with Crippen LogP contribution in [0.2, 0.25) is 10.0 Å². The number of carbonyl (C=O) groups is 2. The normalized spacial score (nSPS) is 13.1. The van der Waals surface area contributed by atoms with Gasteiger partial charge in [0, 0.05) is 10.0 Å². The Hall–Kier alpha value is -2.04. The molecule has 1 N–H and O–H groups in total. The molecule has 0 aliphatic carbocycles. The maximum Gasteiger partial charge on any atom is 0.314 e. The lowest BCUT2D eigenvalue weighted by atomic mass is 9.88. The Morgan fingerprint density at radius 2 is 1.63 bits per heavy atom. The van der Waals surface area contributed by atoms with Crippen molar-refractivity contribution in [2.75, 3.05) is 6.61 Å². The molecule has 0 fully saturated rings. The number of hydrogen-bond donors (Lipinski definition) is 1. The summed E-state index contributed by atoms with van der Waals surface area (Å²) in [5.41, 5.74) is 1.69. The number of rotatable bonds is 7. The number of nitrogens with one attached hydrogen (secondary N) is 1. The van der Waals surface area contributed by atoms with E-state index < -0.39 is 11.9 Å². The average Bonchev–Trinajstić information content (AvgIpc) is 2.61. The van der Waals surface area contributed by atoms with Crippen LogP contribution in [0.3, 0.4) is 0 Å². The van der Waals surface area contributed by atoms with Crippen molar-refractivity contribution in [3.63, 3.8) is 0 Å². The first-order chi connectivity index (χ1) is 12.8. The van der Waals surface area contributed by atoms with Gasteiger partial charge in [0.15, 0.2) is 6.61 Å². The SMILES string of the molecule is CC(C)[C@@H](C(=O)OCC(=O)N[C@H](C)c1cccc(Cl)c1)c1ccc(Cl)cc1. The standard InChI is InChI=1S/C21H23Cl2NO3/c1-13(2)20(15-7-9-17(22)10-8-15)21(26)27-12-19(25)24-14(3)16-5-4-6-18(23)11-16/h4-11,13-14,20H,12H2,1-3H3,(H,24,25)/t14-,20-/m1/s1. The van der Waals surface area contributed by atoms with Crippen LogP contribution in [0.15, 0.2) is 48.5 Å². The molecule has 1 amide bonds. The van der Waals surface area contributed by atoms with Gasteiger partial charge in [-0.05, 0) is 48.2 Å². The van der Waals surface area contributed by atoms with Crippen molar-refractivity contribution < 1.29 is 14.3 Å². The number of esters is 1. The Morgan fingerprint density at radius 3 is 2.22 bits per heavy atom. The predicted molar refractivity (Wildman–Crippen MR) is 108 cm³/mol. The van der Waals surface area contributed by atoms with Gasteiger partial charge in [0.1, 0.15) is 0 Å². The molecule has 0 aliphatic heterocycles. The Balaban J connectivity index is 1.94. The molecule has 0 aromatic heterocycles. The van der Waals surface area contributed by atoms with Gasteiger partial charge in [0.2, 0.25) is 0 Å². The molecular formula is C21H23Cl2NO3. The number of hydrogen-bond acceptors (Lipinski definition) is 3. The minimum atomic E-state index is -0.458. The van der Waals surface area contributed by atoms with E-state index >= 15 is 0 Å². The highest BCUT2D eigenvalue weighted by molar-refractivity contribution is 6.30.